The normalized spacial score (nSPS) is 14.4. The van der Waals surface area contributed by atoms with Crippen molar-refractivity contribution in [3.63, 3.8) is 0 Å². The number of carbonyl (C=O) groups excluding carboxylic acids is 1. The number of benzene rings is 2. The summed E-state index contributed by atoms with van der Waals surface area (Å²) in [5, 5.41) is 3.21. The van der Waals surface area contributed by atoms with Crippen LogP contribution in [0.5, 0.6) is 0 Å². The summed E-state index contributed by atoms with van der Waals surface area (Å²) in [6, 6.07) is 9.72. The lowest BCUT2D eigenvalue weighted by molar-refractivity contribution is -0.121. The molecular weight excluding hydrogens is 414 g/mol. The number of carbonyl (C=O) groups is 1. The Bertz CT molecular complexity index is 927. The van der Waals surface area contributed by atoms with E-state index in [4.69, 9.17) is 23.2 Å². The van der Waals surface area contributed by atoms with Crippen molar-refractivity contribution in [1.29, 1.82) is 0 Å². The van der Waals surface area contributed by atoms with Crippen molar-refractivity contribution in [3.05, 3.63) is 63.9 Å². The molecule has 144 valence electrons. The molecule has 0 radical (unpaired) electrons. The van der Waals surface area contributed by atoms with Crippen LogP contribution in [0.25, 0.3) is 0 Å². The summed E-state index contributed by atoms with van der Waals surface area (Å²) in [5.41, 5.74) is 0.0101. The molecule has 0 unspecified atom stereocenters. The standard InChI is InChI=1S/C18H17Cl2FN2O3S/c19-12-4-8-14(9-5-12)27(25,26)23(11-18(24)22-13-6-7-13)10-15-16(20)2-1-3-17(15)21/h1-5,8-9,13H,6-7,10-11H2,(H,22,24). The van der Waals surface area contributed by atoms with Crippen LogP contribution in [-0.2, 0) is 21.4 Å². The van der Waals surface area contributed by atoms with E-state index in [1.807, 2.05) is 0 Å². The lowest BCUT2D eigenvalue weighted by Gasteiger charge is -2.22. The number of rotatable bonds is 7. The molecule has 2 aromatic rings. The van der Waals surface area contributed by atoms with E-state index in [9.17, 15) is 17.6 Å². The van der Waals surface area contributed by atoms with Crippen molar-refractivity contribution in [2.45, 2.75) is 30.3 Å². The van der Waals surface area contributed by atoms with E-state index in [1.54, 1.807) is 0 Å². The highest BCUT2D eigenvalue weighted by Gasteiger charge is 2.30. The maximum atomic E-state index is 14.2. The number of nitrogens with one attached hydrogen (secondary N) is 1. The molecule has 0 atom stereocenters. The van der Waals surface area contributed by atoms with Gasteiger partial charge in [0.15, 0.2) is 0 Å². The van der Waals surface area contributed by atoms with Crippen LogP contribution in [0.4, 0.5) is 4.39 Å². The topological polar surface area (TPSA) is 66.5 Å². The highest BCUT2D eigenvalue weighted by molar-refractivity contribution is 7.89. The molecule has 0 spiro atoms. The van der Waals surface area contributed by atoms with E-state index < -0.39 is 28.3 Å². The van der Waals surface area contributed by atoms with Crippen LogP contribution in [0.3, 0.4) is 0 Å². The average molecular weight is 431 g/mol. The number of amides is 1. The van der Waals surface area contributed by atoms with Crippen LogP contribution in [0, 0.1) is 5.82 Å². The van der Waals surface area contributed by atoms with E-state index >= 15 is 0 Å². The molecule has 2 aromatic carbocycles. The van der Waals surface area contributed by atoms with Gasteiger partial charge in [0.25, 0.3) is 0 Å². The van der Waals surface area contributed by atoms with Crippen LogP contribution in [0.15, 0.2) is 47.4 Å². The zero-order valence-electron chi connectivity index (χ0n) is 14.2. The Hall–Kier alpha value is -1.67. The van der Waals surface area contributed by atoms with Gasteiger partial charge >= 0.3 is 0 Å². The van der Waals surface area contributed by atoms with Crippen LogP contribution in [0.1, 0.15) is 18.4 Å². The van der Waals surface area contributed by atoms with Crippen LogP contribution in [-0.4, -0.2) is 31.2 Å². The fourth-order valence-electron chi connectivity index (χ4n) is 2.50. The Morgan fingerprint density at radius 2 is 1.81 bits per heavy atom. The van der Waals surface area contributed by atoms with Gasteiger partial charge in [-0.05, 0) is 49.2 Å². The van der Waals surface area contributed by atoms with Gasteiger partial charge in [0.05, 0.1) is 11.4 Å². The first-order valence-electron chi connectivity index (χ1n) is 8.25. The Labute approximate surface area is 167 Å². The molecule has 9 heteroatoms. The third kappa shape index (κ3) is 4.99. The average Bonchev–Trinajstić information content (AvgIpc) is 3.41. The van der Waals surface area contributed by atoms with Gasteiger partial charge in [0, 0.05) is 28.2 Å². The molecule has 1 aliphatic carbocycles. The van der Waals surface area contributed by atoms with E-state index in [0.29, 0.717) is 5.02 Å². The van der Waals surface area contributed by atoms with Crippen LogP contribution < -0.4 is 5.32 Å². The summed E-state index contributed by atoms with van der Waals surface area (Å²) >= 11 is 11.9. The van der Waals surface area contributed by atoms with Crippen LogP contribution >= 0.6 is 23.2 Å². The van der Waals surface area contributed by atoms with Crippen molar-refractivity contribution in [2.24, 2.45) is 0 Å². The first kappa shape index (κ1) is 20.1. The highest BCUT2D eigenvalue weighted by Crippen LogP contribution is 2.25. The number of sulfonamides is 1. The Morgan fingerprint density at radius 3 is 2.41 bits per heavy atom. The molecule has 1 amide bonds. The Morgan fingerprint density at radius 1 is 1.15 bits per heavy atom. The summed E-state index contributed by atoms with van der Waals surface area (Å²) in [5.74, 6) is -1.08. The molecule has 0 saturated heterocycles. The van der Waals surface area contributed by atoms with Crippen molar-refractivity contribution in [1.82, 2.24) is 9.62 Å². The first-order valence-corrected chi connectivity index (χ1v) is 10.4. The summed E-state index contributed by atoms with van der Waals surface area (Å²) in [6.45, 7) is -0.805. The van der Waals surface area contributed by atoms with E-state index in [2.05, 4.69) is 5.32 Å². The third-order valence-corrected chi connectivity index (χ3v) is 6.52. The van der Waals surface area contributed by atoms with Gasteiger partial charge in [0.1, 0.15) is 5.82 Å². The molecular formula is C18H17Cl2FN2O3S. The molecule has 0 heterocycles. The second kappa shape index (κ2) is 8.14. The third-order valence-electron chi connectivity index (χ3n) is 4.11. The number of hydrogen-bond donors (Lipinski definition) is 1. The quantitative estimate of drug-likeness (QED) is 0.729. The first-order chi connectivity index (χ1) is 12.8. The fourth-order valence-corrected chi connectivity index (χ4v) is 4.22. The van der Waals surface area contributed by atoms with Gasteiger partial charge in [-0.25, -0.2) is 12.8 Å². The molecule has 0 bridgehead atoms. The van der Waals surface area contributed by atoms with Gasteiger partial charge < -0.3 is 5.32 Å². The summed E-state index contributed by atoms with van der Waals surface area (Å²) in [7, 11) is -4.07. The minimum absolute atomic E-state index is 0.0101. The van der Waals surface area contributed by atoms with Gasteiger partial charge in [-0.1, -0.05) is 29.3 Å². The number of nitrogens with zero attached hydrogens (tertiary/aromatic N) is 1. The lowest BCUT2D eigenvalue weighted by atomic mass is 10.2. The van der Waals surface area contributed by atoms with Gasteiger partial charge in [-0.2, -0.15) is 4.31 Å². The molecule has 3 rings (SSSR count). The van der Waals surface area contributed by atoms with Gasteiger partial charge in [0.2, 0.25) is 15.9 Å². The minimum atomic E-state index is -4.07. The van der Waals surface area contributed by atoms with E-state index in [-0.39, 0.29) is 28.1 Å². The van der Waals surface area contributed by atoms with Crippen molar-refractivity contribution in [3.8, 4) is 0 Å². The van der Waals surface area contributed by atoms with Crippen molar-refractivity contribution < 1.29 is 17.6 Å². The van der Waals surface area contributed by atoms with Gasteiger partial charge in [-0.3, -0.25) is 4.79 Å². The summed E-state index contributed by atoms with van der Waals surface area (Å²) in [6.07, 6.45) is 1.74. The second-order valence-electron chi connectivity index (χ2n) is 6.27. The predicted molar refractivity (Wildman–Crippen MR) is 102 cm³/mol. The smallest absolute Gasteiger partial charge is 0.243 e. The SMILES string of the molecule is O=C(CN(Cc1c(F)cccc1Cl)S(=O)(=O)c1ccc(Cl)cc1)NC1CC1. The molecule has 1 aliphatic rings. The van der Waals surface area contributed by atoms with Crippen LogP contribution in [0.2, 0.25) is 10.0 Å². The van der Waals surface area contributed by atoms with E-state index in [1.165, 1.54) is 42.5 Å². The largest absolute Gasteiger partial charge is 0.352 e. The zero-order chi connectivity index (χ0) is 19.6. The number of halogens is 3. The molecule has 0 aliphatic heterocycles. The maximum Gasteiger partial charge on any atom is 0.243 e. The summed E-state index contributed by atoms with van der Waals surface area (Å²) in [4.78, 5) is 12.2. The molecule has 1 N–H and O–H groups in total. The molecule has 1 saturated carbocycles. The van der Waals surface area contributed by atoms with Crippen molar-refractivity contribution >= 4 is 39.1 Å². The second-order valence-corrected chi connectivity index (χ2v) is 9.05. The maximum absolute atomic E-state index is 14.2. The predicted octanol–water partition coefficient (Wildman–Crippen LogP) is 3.60. The Kier molecular flexibility index (Phi) is 6.05. The lowest BCUT2D eigenvalue weighted by Crippen LogP contribution is -2.41. The summed E-state index contributed by atoms with van der Waals surface area (Å²) < 4.78 is 41.2. The number of hydrogen-bond acceptors (Lipinski definition) is 3. The monoisotopic (exact) mass is 430 g/mol. The minimum Gasteiger partial charge on any atom is -0.352 e. The molecule has 1 fully saturated rings. The molecule has 0 aromatic heterocycles. The molecule has 27 heavy (non-hydrogen) atoms. The fraction of sp³-hybridized carbons (Fsp3) is 0.278. The Balaban J connectivity index is 1.93. The zero-order valence-corrected chi connectivity index (χ0v) is 16.5. The highest BCUT2D eigenvalue weighted by atomic mass is 35.5. The van der Waals surface area contributed by atoms with Gasteiger partial charge in [-0.15, -0.1) is 0 Å². The van der Waals surface area contributed by atoms with Crippen molar-refractivity contribution in [2.75, 3.05) is 6.54 Å². The van der Waals surface area contributed by atoms with E-state index in [0.717, 1.165) is 17.1 Å². The molecule has 5 nitrogen and oxygen atoms in total.